The van der Waals surface area contributed by atoms with Crippen LogP contribution in [0.1, 0.15) is 24.4 Å². The number of aromatic nitrogens is 4. The minimum absolute atomic E-state index is 0.0375. The van der Waals surface area contributed by atoms with Gasteiger partial charge in [-0.2, -0.15) is 0 Å². The number of hydrogen-bond donors (Lipinski definition) is 2. The molecule has 1 aliphatic carbocycles. The molecular weight excluding hydrogens is 364 g/mol. The van der Waals surface area contributed by atoms with E-state index in [9.17, 15) is 4.79 Å². The SMILES string of the molecule is O=CC(c1c[nH]c2ccccc12)N1CCN(c2ncnc3[nH]ccc23)CC12CC2. The summed E-state index contributed by atoms with van der Waals surface area (Å²) in [5.41, 5.74) is 3.06. The van der Waals surface area contributed by atoms with Crippen molar-refractivity contribution in [1.29, 1.82) is 0 Å². The van der Waals surface area contributed by atoms with Crippen molar-refractivity contribution in [3.05, 3.63) is 54.6 Å². The lowest BCUT2D eigenvalue weighted by molar-refractivity contribution is -0.114. The fraction of sp³-hybridized carbons (Fsp3) is 0.318. The minimum atomic E-state index is -0.228. The monoisotopic (exact) mass is 386 g/mol. The summed E-state index contributed by atoms with van der Waals surface area (Å²) in [5, 5.41) is 2.19. The maximum absolute atomic E-state index is 12.3. The van der Waals surface area contributed by atoms with Gasteiger partial charge in [0.2, 0.25) is 0 Å². The van der Waals surface area contributed by atoms with E-state index in [4.69, 9.17) is 0 Å². The molecule has 1 atom stereocenters. The molecule has 0 radical (unpaired) electrons. The van der Waals surface area contributed by atoms with Crippen molar-refractivity contribution in [3.63, 3.8) is 0 Å². The summed E-state index contributed by atoms with van der Waals surface area (Å²) in [4.78, 5) is 32.4. The number of carbonyl (C=O) groups is 1. The maximum atomic E-state index is 12.3. The van der Waals surface area contributed by atoms with E-state index >= 15 is 0 Å². The summed E-state index contributed by atoms with van der Waals surface area (Å²) in [5.74, 6) is 0.983. The number of nitrogens with zero attached hydrogens (tertiary/aromatic N) is 4. The average Bonchev–Trinajstić information content (AvgIpc) is 3.17. The molecule has 1 unspecified atom stereocenters. The molecule has 0 amide bonds. The lowest BCUT2D eigenvalue weighted by Crippen LogP contribution is -2.56. The summed E-state index contributed by atoms with van der Waals surface area (Å²) in [6, 6.07) is 10.0. The van der Waals surface area contributed by atoms with Crippen LogP contribution in [-0.2, 0) is 4.79 Å². The van der Waals surface area contributed by atoms with E-state index in [2.05, 4.69) is 41.9 Å². The highest BCUT2D eigenvalue weighted by Gasteiger charge is 2.54. The Kier molecular flexibility index (Phi) is 3.55. The van der Waals surface area contributed by atoms with E-state index in [0.29, 0.717) is 0 Å². The molecule has 1 aromatic carbocycles. The molecule has 2 fully saturated rings. The summed E-state index contributed by atoms with van der Waals surface area (Å²) >= 11 is 0. The summed E-state index contributed by atoms with van der Waals surface area (Å²) < 4.78 is 0. The van der Waals surface area contributed by atoms with Crippen molar-refractivity contribution in [1.82, 2.24) is 24.8 Å². The van der Waals surface area contributed by atoms with Crippen LogP contribution in [-0.4, -0.2) is 56.3 Å². The quantitative estimate of drug-likeness (QED) is 0.527. The van der Waals surface area contributed by atoms with E-state index in [1.165, 1.54) is 0 Å². The normalized spacial score (nSPS) is 19.8. The molecule has 1 aliphatic heterocycles. The number of anilines is 1. The van der Waals surface area contributed by atoms with Gasteiger partial charge in [0.25, 0.3) is 0 Å². The van der Waals surface area contributed by atoms with Gasteiger partial charge in [-0.15, -0.1) is 0 Å². The number of carbonyl (C=O) groups excluding carboxylic acids is 1. The first-order valence-corrected chi connectivity index (χ1v) is 10.1. The lowest BCUT2D eigenvalue weighted by atomic mass is 10.00. The fourth-order valence-corrected chi connectivity index (χ4v) is 4.96. The van der Waals surface area contributed by atoms with Crippen LogP contribution in [0.25, 0.3) is 21.9 Å². The number of rotatable bonds is 4. The molecule has 6 rings (SSSR count). The number of nitrogens with one attached hydrogen (secondary N) is 2. The standard InChI is InChI=1S/C22H22N6O/c29-12-19(17-11-24-18-4-2-1-3-15(17)18)28-10-9-27(13-22(28)6-7-22)21-16-5-8-23-20(16)25-14-26-21/h1-5,8,11-12,14,19,24H,6-7,9-10,13H2,(H,23,25,26). The van der Waals surface area contributed by atoms with Gasteiger partial charge < -0.3 is 19.7 Å². The smallest absolute Gasteiger partial charge is 0.142 e. The van der Waals surface area contributed by atoms with Crippen molar-refractivity contribution < 1.29 is 4.79 Å². The van der Waals surface area contributed by atoms with E-state index in [1.807, 2.05) is 30.6 Å². The Hall–Kier alpha value is -3.19. The Balaban J connectivity index is 1.34. The Morgan fingerprint density at radius 3 is 2.83 bits per heavy atom. The predicted molar refractivity (Wildman–Crippen MR) is 112 cm³/mol. The molecule has 3 aromatic heterocycles. The van der Waals surface area contributed by atoms with E-state index in [-0.39, 0.29) is 11.6 Å². The molecule has 4 aromatic rings. The third-order valence-electron chi connectivity index (χ3n) is 6.57. The zero-order valence-electron chi connectivity index (χ0n) is 16.0. The maximum Gasteiger partial charge on any atom is 0.142 e. The van der Waals surface area contributed by atoms with Gasteiger partial charge >= 0.3 is 0 Å². The second-order valence-electron chi connectivity index (χ2n) is 8.15. The molecular formula is C22H22N6O. The van der Waals surface area contributed by atoms with Gasteiger partial charge in [-0.05, 0) is 25.0 Å². The second-order valence-corrected chi connectivity index (χ2v) is 8.15. The van der Waals surface area contributed by atoms with Gasteiger partial charge in [-0.25, -0.2) is 9.97 Å². The molecule has 4 heterocycles. The van der Waals surface area contributed by atoms with E-state index in [1.54, 1.807) is 6.33 Å². The van der Waals surface area contributed by atoms with Gasteiger partial charge in [0.1, 0.15) is 24.1 Å². The van der Waals surface area contributed by atoms with Gasteiger partial charge in [-0.3, -0.25) is 4.90 Å². The fourth-order valence-electron chi connectivity index (χ4n) is 4.96. The van der Waals surface area contributed by atoms with Gasteiger partial charge in [0.05, 0.1) is 11.4 Å². The van der Waals surface area contributed by atoms with Gasteiger partial charge in [-0.1, -0.05) is 18.2 Å². The van der Waals surface area contributed by atoms with Crippen LogP contribution in [0.2, 0.25) is 0 Å². The number of aromatic amines is 2. The van der Waals surface area contributed by atoms with E-state index in [0.717, 1.165) is 72.1 Å². The zero-order valence-corrected chi connectivity index (χ0v) is 16.0. The Morgan fingerprint density at radius 1 is 1.07 bits per heavy atom. The second kappa shape index (κ2) is 6.15. The van der Waals surface area contributed by atoms with Crippen molar-refractivity contribution in [3.8, 4) is 0 Å². The number of H-pyrrole nitrogens is 2. The molecule has 29 heavy (non-hydrogen) atoms. The topological polar surface area (TPSA) is 80.9 Å². The van der Waals surface area contributed by atoms with Gasteiger partial charge in [0.15, 0.2) is 0 Å². The van der Waals surface area contributed by atoms with Crippen LogP contribution in [0.3, 0.4) is 0 Å². The van der Waals surface area contributed by atoms with E-state index < -0.39 is 0 Å². The first kappa shape index (κ1) is 16.7. The highest BCUT2D eigenvalue weighted by atomic mass is 16.1. The molecule has 2 aliphatic rings. The number of piperazine rings is 1. The summed E-state index contributed by atoms with van der Waals surface area (Å²) in [6.45, 7) is 2.56. The number of fused-ring (bicyclic) bond motifs is 2. The molecule has 1 saturated carbocycles. The Bertz CT molecular complexity index is 1210. The number of hydrogen-bond acceptors (Lipinski definition) is 5. The number of para-hydroxylation sites is 1. The average molecular weight is 386 g/mol. The molecule has 1 spiro atoms. The highest BCUT2D eigenvalue weighted by molar-refractivity contribution is 5.88. The van der Waals surface area contributed by atoms with Crippen LogP contribution < -0.4 is 4.90 Å². The largest absolute Gasteiger partial charge is 0.361 e. The summed E-state index contributed by atoms with van der Waals surface area (Å²) in [7, 11) is 0. The first-order valence-electron chi connectivity index (χ1n) is 10.1. The lowest BCUT2D eigenvalue weighted by Gasteiger charge is -2.45. The molecule has 2 N–H and O–H groups in total. The van der Waals surface area contributed by atoms with Crippen LogP contribution in [0.5, 0.6) is 0 Å². The third kappa shape index (κ3) is 2.50. The van der Waals surface area contributed by atoms with Crippen molar-refractivity contribution in [2.24, 2.45) is 0 Å². The molecule has 7 nitrogen and oxygen atoms in total. The molecule has 1 saturated heterocycles. The highest BCUT2D eigenvalue weighted by Crippen LogP contribution is 2.49. The molecule has 7 heteroatoms. The van der Waals surface area contributed by atoms with Crippen molar-refractivity contribution >= 4 is 34.0 Å². The zero-order chi connectivity index (χ0) is 19.4. The van der Waals surface area contributed by atoms with Gasteiger partial charge in [0, 0.05) is 54.0 Å². The summed E-state index contributed by atoms with van der Waals surface area (Å²) in [6.07, 6.45) is 8.86. The predicted octanol–water partition coefficient (Wildman–Crippen LogP) is 3.03. The van der Waals surface area contributed by atoms with Crippen molar-refractivity contribution in [2.75, 3.05) is 24.5 Å². The molecule has 146 valence electrons. The number of aldehydes is 1. The Labute approximate surface area is 167 Å². The Morgan fingerprint density at radius 2 is 1.97 bits per heavy atom. The first-order chi connectivity index (χ1) is 14.3. The molecule has 0 bridgehead atoms. The van der Waals surface area contributed by atoms with Crippen LogP contribution in [0, 0.1) is 0 Å². The van der Waals surface area contributed by atoms with Crippen LogP contribution in [0.4, 0.5) is 5.82 Å². The van der Waals surface area contributed by atoms with Crippen molar-refractivity contribution in [2.45, 2.75) is 24.4 Å². The number of benzene rings is 1. The van der Waals surface area contributed by atoms with Crippen LogP contribution >= 0.6 is 0 Å². The third-order valence-corrected chi connectivity index (χ3v) is 6.57. The minimum Gasteiger partial charge on any atom is -0.361 e. The van der Waals surface area contributed by atoms with Crippen LogP contribution in [0.15, 0.2) is 49.1 Å².